The van der Waals surface area contributed by atoms with Crippen molar-refractivity contribution >= 4 is 34.5 Å². The summed E-state index contributed by atoms with van der Waals surface area (Å²) in [5.41, 5.74) is 4.10. The van der Waals surface area contributed by atoms with Crippen molar-refractivity contribution in [2.24, 2.45) is 11.8 Å². The first-order valence-electron chi connectivity index (χ1n) is 18.7. The number of carbonyl (C=O) groups excluding carboxylic acids is 2. The van der Waals surface area contributed by atoms with Crippen molar-refractivity contribution in [3.05, 3.63) is 68.8 Å². The number of methoxy groups -OCH3 is 2. The maximum atomic E-state index is 11.0. The van der Waals surface area contributed by atoms with Gasteiger partial charge in [-0.05, 0) is 146 Å². The summed E-state index contributed by atoms with van der Waals surface area (Å²) in [7, 11) is 2.80. The Kier molecular flexibility index (Phi) is 22.6. The number of terminal acetylenes is 1. The molecule has 0 N–H and O–H groups in total. The molecule has 2 saturated carbocycles. The molecule has 4 nitrogen and oxygen atoms in total. The number of esters is 2. The van der Waals surface area contributed by atoms with E-state index in [1.54, 1.807) is 5.56 Å². The van der Waals surface area contributed by atoms with Gasteiger partial charge >= 0.3 is 11.9 Å². The molecular formula is C44H61IO4. The predicted molar refractivity (Wildman–Crippen MR) is 212 cm³/mol. The van der Waals surface area contributed by atoms with E-state index < -0.39 is 0 Å². The van der Waals surface area contributed by atoms with Crippen LogP contribution >= 0.6 is 22.6 Å². The van der Waals surface area contributed by atoms with Crippen LogP contribution in [-0.4, -0.2) is 26.2 Å². The SMILES string of the molecule is C#CCCCC(=O)OC.CCCC1CCC(c2ccc(C#CCCCC(=O)OC)cc2)CC1.CCCC1CCC(c2ccc(I)cc2)CC1. The van der Waals surface area contributed by atoms with Crippen molar-refractivity contribution in [2.45, 2.75) is 141 Å². The van der Waals surface area contributed by atoms with E-state index >= 15 is 0 Å². The molecule has 49 heavy (non-hydrogen) atoms. The minimum Gasteiger partial charge on any atom is -0.469 e. The van der Waals surface area contributed by atoms with E-state index in [1.807, 2.05) is 0 Å². The van der Waals surface area contributed by atoms with Crippen molar-refractivity contribution in [1.29, 1.82) is 0 Å². The first-order chi connectivity index (χ1) is 23.8. The summed E-state index contributed by atoms with van der Waals surface area (Å²) in [6, 6.07) is 17.9. The molecule has 5 heteroatoms. The molecule has 2 aromatic carbocycles. The van der Waals surface area contributed by atoms with Crippen molar-refractivity contribution < 1.29 is 19.1 Å². The third kappa shape index (κ3) is 18.2. The van der Waals surface area contributed by atoms with Crippen LogP contribution in [0.25, 0.3) is 0 Å². The average Bonchev–Trinajstić information content (AvgIpc) is 3.13. The molecule has 2 aliphatic carbocycles. The van der Waals surface area contributed by atoms with E-state index in [9.17, 15) is 9.59 Å². The zero-order valence-corrected chi connectivity index (χ0v) is 32.9. The highest BCUT2D eigenvalue weighted by atomic mass is 127. The molecule has 2 aromatic rings. The Labute approximate surface area is 312 Å². The third-order valence-electron chi connectivity index (χ3n) is 9.88. The lowest BCUT2D eigenvalue weighted by Crippen LogP contribution is -2.13. The van der Waals surface area contributed by atoms with Gasteiger partial charge in [0.25, 0.3) is 0 Å². The summed E-state index contributed by atoms with van der Waals surface area (Å²) < 4.78 is 10.4. The van der Waals surface area contributed by atoms with E-state index in [2.05, 4.69) is 112 Å². The highest BCUT2D eigenvalue weighted by molar-refractivity contribution is 14.1. The second kappa shape index (κ2) is 26.1. The van der Waals surface area contributed by atoms with Gasteiger partial charge in [0, 0.05) is 34.8 Å². The van der Waals surface area contributed by atoms with Crippen LogP contribution in [0.1, 0.15) is 158 Å². The lowest BCUT2D eigenvalue weighted by Gasteiger charge is -2.28. The van der Waals surface area contributed by atoms with Crippen LogP contribution in [0.4, 0.5) is 0 Å². The van der Waals surface area contributed by atoms with Crippen molar-refractivity contribution in [1.82, 2.24) is 0 Å². The van der Waals surface area contributed by atoms with Gasteiger partial charge in [-0.2, -0.15) is 0 Å². The summed E-state index contributed by atoms with van der Waals surface area (Å²) >= 11 is 2.38. The largest absolute Gasteiger partial charge is 0.469 e. The average molecular weight is 781 g/mol. The second-order valence-electron chi connectivity index (χ2n) is 13.6. The maximum absolute atomic E-state index is 11.0. The Morgan fingerprint density at radius 1 is 0.694 bits per heavy atom. The van der Waals surface area contributed by atoms with E-state index in [-0.39, 0.29) is 11.9 Å². The smallest absolute Gasteiger partial charge is 0.305 e. The number of unbranched alkanes of at least 4 members (excludes halogenated alkanes) is 2. The van der Waals surface area contributed by atoms with E-state index in [4.69, 9.17) is 6.42 Å². The number of halogens is 1. The van der Waals surface area contributed by atoms with E-state index in [1.165, 1.54) is 100 Å². The summed E-state index contributed by atoms with van der Waals surface area (Å²) in [5.74, 6) is 12.0. The fourth-order valence-corrected chi connectivity index (χ4v) is 7.34. The van der Waals surface area contributed by atoms with Crippen LogP contribution in [0.2, 0.25) is 0 Å². The topological polar surface area (TPSA) is 52.6 Å². The van der Waals surface area contributed by atoms with Crippen LogP contribution in [0.5, 0.6) is 0 Å². The molecule has 0 aliphatic heterocycles. The van der Waals surface area contributed by atoms with Crippen molar-refractivity contribution in [3.63, 3.8) is 0 Å². The van der Waals surface area contributed by atoms with Gasteiger partial charge in [0.05, 0.1) is 14.2 Å². The van der Waals surface area contributed by atoms with Gasteiger partial charge in [-0.25, -0.2) is 0 Å². The summed E-state index contributed by atoms with van der Waals surface area (Å²) in [6.45, 7) is 4.60. The van der Waals surface area contributed by atoms with E-state index in [0.717, 1.165) is 48.5 Å². The Morgan fingerprint density at radius 2 is 1.12 bits per heavy atom. The van der Waals surface area contributed by atoms with E-state index in [0.29, 0.717) is 19.3 Å². The Bertz CT molecular complexity index is 1280. The lowest BCUT2D eigenvalue weighted by atomic mass is 9.77. The summed E-state index contributed by atoms with van der Waals surface area (Å²) in [5, 5.41) is 0. The molecule has 0 unspecified atom stereocenters. The lowest BCUT2D eigenvalue weighted by molar-refractivity contribution is -0.141. The number of benzene rings is 2. The van der Waals surface area contributed by atoms with Gasteiger partial charge in [0.1, 0.15) is 0 Å². The minimum absolute atomic E-state index is 0.158. The van der Waals surface area contributed by atoms with Crippen LogP contribution in [0.15, 0.2) is 48.5 Å². The number of hydrogen-bond acceptors (Lipinski definition) is 4. The molecule has 4 rings (SSSR count). The highest BCUT2D eigenvalue weighted by Gasteiger charge is 2.22. The van der Waals surface area contributed by atoms with Gasteiger partial charge < -0.3 is 9.47 Å². The molecule has 2 fully saturated rings. The molecule has 0 amide bonds. The van der Waals surface area contributed by atoms with Gasteiger partial charge in [-0.15, -0.1) is 12.3 Å². The molecule has 0 aromatic heterocycles. The first kappa shape index (κ1) is 42.4. The van der Waals surface area contributed by atoms with Crippen molar-refractivity contribution in [3.8, 4) is 24.2 Å². The third-order valence-corrected chi connectivity index (χ3v) is 10.6. The zero-order chi connectivity index (χ0) is 35.7. The maximum Gasteiger partial charge on any atom is 0.305 e. The molecule has 0 bridgehead atoms. The van der Waals surface area contributed by atoms with Gasteiger partial charge in [0.2, 0.25) is 0 Å². The summed E-state index contributed by atoms with van der Waals surface area (Å²) in [4.78, 5) is 21.4. The quantitative estimate of drug-likeness (QED) is 0.0932. The van der Waals surface area contributed by atoms with Gasteiger partial charge in [-0.3, -0.25) is 9.59 Å². The normalized spacial score (nSPS) is 19.7. The molecule has 0 saturated heterocycles. The Balaban J connectivity index is 0.000000286. The number of rotatable bonds is 12. The van der Waals surface area contributed by atoms with Crippen molar-refractivity contribution in [2.75, 3.05) is 14.2 Å². The molecule has 0 radical (unpaired) electrons. The second-order valence-corrected chi connectivity index (χ2v) is 14.8. The van der Waals surface area contributed by atoms with Gasteiger partial charge in [0.15, 0.2) is 0 Å². The molecule has 2 aliphatic rings. The molecule has 268 valence electrons. The zero-order valence-electron chi connectivity index (χ0n) is 30.7. The monoisotopic (exact) mass is 780 g/mol. The first-order valence-corrected chi connectivity index (χ1v) is 19.8. The fourth-order valence-electron chi connectivity index (χ4n) is 6.98. The van der Waals surface area contributed by atoms with Crippen LogP contribution in [0, 0.1) is 39.6 Å². The van der Waals surface area contributed by atoms with Crippen LogP contribution < -0.4 is 0 Å². The molecule has 0 heterocycles. The summed E-state index contributed by atoms with van der Waals surface area (Å²) in [6.07, 6.45) is 25.4. The molecule has 0 spiro atoms. The van der Waals surface area contributed by atoms with Crippen LogP contribution in [0.3, 0.4) is 0 Å². The number of hydrogen-bond donors (Lipinski definition) is 0. The molecular weight excluding hydrogens is 719 g/mol. The highest BCUT2D eigenvalue weighted by Crippen LogP contribution is 2.38. The van der Waals surface area contributed by atoms with Crippen LogP contribution in [-0.2, 0) is 19.1 Å². The fraction of sp³-hybridized carbons (Fsp3) is 0.591. The molecule has 0 atom stereocenters. The standard InChI is InChI=1S/C22H30O2.C15H21I.C7H10O2/c1-3-7-18-10-14-20(15-11-18)21-16-12-19(13-17-21)8-5-4-6-9-22(23)24-2;1-2-3-12-4-6-13(7-5-12)14-8-10-15(16)11-9-14;1-3-4-5-6-7(8)9-2/h12-13,16-18,20H,3-4,6-7,9-11,14-15H2,1-2H3;8-13H,2-7H2,1H3;1H,4-6H2,2H3. The number of carbonyl (C=O) groups is 2. The Morgan fingerprint density at radius 3 is 1.53 bits per heavy atom. The van der Waals surface area contributed by atoms with Gasteiger partial charge in [-0.1, -0.05) is 75.6 Å². The predicted octanol–water partition coefficient (Wildman–Crippen LogP) is 11.8. The number of ether oxygens (including phenoxy) is 2. The Hall–Kier alpha value is -2.77. The minimum atomic E-state index is -0.190.